The lowest BCUT2D eigenvalue weighted by Crippen LogP contribution is -2.43. The fourth-order valence-electron chi connectivity index (χ4n) is 3.72. The highest BCUT2D eigenvalue weighted by molar-refractivity contribution is 6.30. The van der Waals surface area contributed by atoms with Crippen LogP contribution >= 0.6 is 11.6 Å². The second kappa shape index (κ2) is 7.80. The van der Waals surface area contributed by atoms with Crippen LogP contribution in [0.15, 0.2) is 35.0 Å². The Kier molecular flexibility index (Phi) is 5.22. The van der Waals surface area contributed by atoms with Gasteiger partial charge in [0.2, 0.25) is 11.6 Å². The average molecular weight is 399 g/mol. The van der Waals surface area contributed by atoms with Crippen LogP contribution in [0.5, 0.6) is 0 Å². The number of carbonyl (C=O) groups excluding carboxylic acids is 1. The zero-order valence-corrected chi connectivity index (χ0v) is 16.8. The summed E-state index contributed by atoms with van der Waals surface area (Å²) in [6, 6.07) is 7.52. The maximum atomic E-state index is 12.7. The predicted octanol–water partition coefficient (Wildman–Crippen LogP) is 4.03. The molecule has 1 atom stereocenters. The van der Waals surface area contributed by atoms with E-state index in [4.69, 9.17) is 16.0 Å². The maximum absolute atomic E-state index is 12.7. The molecule has 4 rings (SSSR count). The van der Waals surface area contributed by atoms with Crippen molar-refractivity contribution < 1.29 is 9.21 Å². The number of nitrogens with one attached hydrogen (secondary N) is 1. The number of hydrogen-bond acceptors (Lipinski definition) is 5. The molecule has 0 aliphatic carbocycles. The molecule has 1 amide bonds. The Morgan fingerprint density at radius 3 is 2.86 bits per heavy atom. The first kappa shape index (κ1) is 18.7. The van der Waals surface area contributed by atoms with Crippen LogP contribution in [0, 0.1) is 19.8 Å². The van der Waals surface area contributed by atoms with E-state index < -0.39 is 0 Å². The number of aryl methyl sites for hydroxylation is 2. The normalized spacial score (nSPS) is 17.1. The number of amides is 1. The van der Waals surface area contributed by atoms with Gasteiger partial charge in [0.1, 0.15) is 17.9 Å². The van der Waals surface area contributed by atoms with Gasteiger partial charge in [0, 0.05) is 30.2 Å². The topological polar surface area (TPSA) is 71.3 Å². The van der Waals surface area contributed by atoms with Crippen LogP contribution < -0.4 is 10.2 Å². The van der Waals surface area contributed by atoms with E-state index in [9.17, 15) is 4.79 Å². The van der Waals surface area contributed by atoms with Crippen LogP contribution in [-0.4, -0.2) is 29.0 Å². The van der Waals surface area contributed by atoms with E-state index >= 15 is 0 Å². The molecule has 3 aromatic rings. The molecule has 0 saturated carbocycles. The third kappa shape index (κ3) is 3.69. The van der Waals surface area contributed by atoms with Crippen molar-refractivity contribution in [2.24, 2.45) is 5.92 Å². The lowest BCUT2D eigenvalue weighted by Gasteiger charge is -2.33. The van der Waals surface area contributed by atoms with Gasteiger partial charge in [-0.3, -0.25) is 4.79 Å². The van der Waals surface area contributed by atoms with E-state index in [1.54, 1.807) is 0 Å². The molecule has 7 heteroatoms. The van der Waals surface area contributed by atoms with Gasteiger partial charge in [-0.1, -0.05) is 23.7 Å². The highest BCUT2D eigenvalue weighted by Crippen LogP contribution is 2.32. The van der Waals surface area contributed by atoms with Crippen molar-refractivity contribution in [3.63, 3.8) is 0 Å². The van der Waals surface area contributed by atoms with Crippen molar-refractivity contribution in [2.45, 2.75) is 33.2 Å². The molecule has 2 aromatic heterocycles. The van der Waals surface area contributed by atoms with E-state index in [1.165, 1.54) is 6.33 Å². The van der Waals surface area contributed by atoms with E-state index in [-0.39, 0.29) is 11.8 Å². The quantitative estimate of drug-likeness (QED) is 0.718. The van der Waals surface area contributed by atoms with Crippen LogP contribution in [0.4, 0.5) is 5.82 Å². The molecule has 1 fully saturated rings. The smallest absolute Gasteiger partial charge is 0.231 e. The summed E-state index contributed by atoms with van der Waals surface area (Å²) in [6.45, 7) is 5.97. The number of nitrogens with zero attached hydrogens (tertiary/aromatic N) is 3. The number of piperidine rings is 1. The minimum absolute atomic E-state index is 0.0700. The summed E-state index contributed by atoms with van der Waals surface area (Å²) in [4.78, 5) is 23.7. The van der Waals surface area contributed by atoms with Crippen LogP contribution in [0.2, 0.25) is 5.02 Å². The third-order valence-corrected chi connectivity index (χ3v) is 5.67. The second-order valence-corrected chi connectivity index (χ2v) is 7.73. The Bertz CT molecular complexity index is 1000. The van der Waals surface area contributed by atoms with Gasteiger partial charge in [-0.05, 0) is 44.4 Å². The molecule has 3 heterocycles. The van der Waals surface area contributed by atoms with Crippen molar-refractivity contribution >= 4 is 34.4 Å². The SMILES string of the molecule is Cc1oc2ncnc(N3CCC[C@@H](C(=O)NCc4ccc(Cl)cc4)C3)c2c1C. The molecule has 0 unspecified atom stereocenters. The number of furan rings is 1. The van der Waals surface area contributed by atoms with Crippen LogP contribution in [0.1, 0.15) is 29.7 Å². The summed E-state index contributed by atoms with van der Waals surface area (Å²) in [7, 11) is 0. The number of carbonyl (C=O) groups is 1. The fraction of sp³-hybridized carbons (Fsp3) is 0.381. The van der Waals surface area contributed by atoms with Gasteiger partial charge in [-0.2, -0.15) is 0 Å². The molecular formula is C21H23ClN4O2. The van der Waals surface area contributed by atoms with Crippen LogP contribution in [0.25, 0.3) is 11.1 Å². The highest BCUT2D eigenvalue weighted by atomic mass is 35.5. The van der Waals surface area contributed by atoms with Gasteiger partial charge in [0.05, 0.1) is 11.3 Å². The predicted molar refractivity (Wildman–Crippen MR) is 110 cm³/mol. The molecule has 1 aliphatic rings. The first-order valence-electron chi connectivity index (χ1n) is 9.50. The third-order valence-electron chi connectivity index (χ3n) is 5.42. The van der Waals surface area contributed by atoms with Gasteiger partial charge in [0.15, 0.2) is 0 Å². The van der Waals surface area contributed by atoms with Gasteiger partial charge >= 0.3 is 0 Å². The fourth-order valence-corrected chi connectivity index (χ4v) is 3.85. The molecule has 28 heavy (non-hydrogen) atoms. The van der Waals surface area contributed by atoms with E-state index in [0.29, 0.717) is 23.8 Å². The van der Waals surface area contributed by atoms with Gasteiger partial charge < -0.3 is 14.6 Å². The van der Waals surface area contributed by atoms with Crippen molar-refractivity contribution in [2.75, 3.05) is 18.0 Å². The van der Waals surface area contributed by atoms with Gasteiger partial charge in [-0.15, -0.1) is 0 Å². The number of halogens is 1. The Labute approximate surface area is 168 Å². The highest BCUT2D eigenvalue weighted by Gasteiger charge is 2.28. The number of fused-ring (bicyclic) bond motifs is 1. The van der Waals surface area contributed by atoms with Gasteiger partial charge in [-0.25, -0.2) is 9.97 Å². The Morgan fingerprint density at radius 1 is 1.29 bits per heavy atom. The zero-order chi connectivity index (χ0) is 19.7. The summed E-state index contributed by atoms with van der Waals surface area (Å²) < 4.78 is 5.73. The Balaban J connectivity index is 1.47. The molecule has 6 nitrogen and oxygen atoms in total. The molecule has 0 radical (unpaired) electrons. The van der Waals surface area contributed by atoms with E-state index in [1.807, 2.05) is 38.1 Å². The average Bonchev–Trinajstić information content (AvgIpc) is 3.01. The molecule has 1 N–H and O–H groups in total. The van der Waals surface area contributed by atoms with Crippen molar-refractivity contribution in [1.29, 1.82) is 0 Å². The largest absolute Gasteiger partial charge is 0.443 e. The molecule has 0 bridgehead atoms. The number of anilines is 1. The lowest BCUT2D eigenvalue weighted by molar-refractivity contribution is -0.125. The molecule has 1 aromatic carbocycles. The number of hydrogen-bond donors (Lipinski definition) is 1. The minimum Gasteiger partial charge on any atom is -0.443 e. The minimum atomic E-state index is -0.0700. The lowest BCUT2D eigenvalue weighted by atomic mass is 9.96. The molecule has 1 saturated heterocycles. The van der Waals surface area contributed by atoms with Crippen molar-refractivity contribution in [1.82, 2.24) is 15.3 Å². The summed E-state index contributed by atoms with van der Waals surface area (Å²) in [6.07, 6.45) is 3.35. The van der Waals surface area contributed by atoms with Gasteiger partial charge in [0.25, 0.3) is 0 Å². The Hall–Kier alpha value is -2.60. The Morgan fingerprint density at radius 2 is 2.07 bits per heavy atom. The number of rotatable bonds is 4. The summed E-state index contributed by atoms with van der Waals surface area (Å²) in [5.41, 5.74) is 2.70. The monoisotopic (exact) mass is 398 g/mol. The summed E-state index contributed by atoms with van der Waals surface area (Å²) >= 11 is 5.91. The van der Waals surface area contributed by atoms with E-state index in [2.05, 4.69) is 20.2 Å². The van der Waals surface area contributed by atoms with E-state index in [0.717, 1.165) is 47.5 Å². The first-order chi connectivity index (χ1) is 13.5. The van der Waals surface area contributed by atoms with Crippen molar-refractivity contribution in [3.8, 4) is 0 Å². The zero-order valence-electron chi connectivity index (χ0n) is 16.0. The number of benzene rings is 1. The van der Waals surface area contributed by atoms with Crippen molar-refractivity contribution in [3.05, 3.63) is 52.5 Å². The summed E-state index contributed by atoms with van der Waals surface area (Å²) in [5.74, 6) is 1.71. The second-order valence-electron chi connectivity index (χ2n) is 7.29. The van der Waals surface area contributed by atoms with Crippen LogP contribution in [-0.2, 0) is 11.3 Å². The standard InChI is InChI=1S/C21H23ClN4O2/c1-13-14(2)28-21-18(13)19(24-12-25-21)26-9-3-4-16(11-26)20(27)23-10-15-5-7-17(22)8-6-15/h5-8,12,16H,3-4,9-11H2,1-2H3,(H,23,27)/t16-/m1/s1. The maximum Gasteiger partial charge on any atom is 0.231 e. The molecular weight excluding hydrogens is 376 g/mol. The number of aromatic nitrogens is 2. The summed E-state index contributed by atoms with van der Waals surface area (Å²) in [5, 5.41) is 4.69. The molecule has 146 valence electrons. The first-order valence-corrected chi connectivity index (χ1v) is 9.88. The molecule has 0 spiro atoms. The van der Waals surface area contributed by atoms with Crippen LogP contribution in [0.3, 0.4) is 0 Å². The molecule has 1 aliphatic heterocycles.